The number of rotatable bonds is 3. The number of carbonyl (C=O) groups excluding carboxylic acids is 1. The molecule has 34 heavy (non-hydrogen) atoms. The molecule has 0 aromatic carbocycles. The number of fused-ring (bicyclic) bond motifs is 3. The van der Waals surface area contributed by atoms with E-state index in [9.17, 15) is 23.1 Å². The fraction of sp³-hybridized carbons (Fsp3) is 0.524. The van der Waals surface area contributed by atoms with Crippen molar-refractivity contribution in [3.63, 3.8) is 0 Å². The topological polar surface area (TPSA) is 107 Å². The van der Waals surface area contributed by atoms with E-state index in [0.29, 0.717) is 5.69 Å². The minimum Gasteiger partial charge on any atom is -0.387 e. The number of urea groups is 1. The molecule has 2 aliphatic rings. The number of hydrogen-bond acceptors (Lipinski definition) is 5. The van der Waals surface area contributed by atoms with Crippen LogP contribution in [0.15, 0.2) is 12.3 Å². The van der Waals surface area contributed by atoms with Gasteiger partial charge in [-0.2, -0.15) is 19.1 Å². The normalized spacial score (nSPS) is 23.6. The molecule has 2 aromatic rings. The van der Waals surface area contributed by atoms with Crippen molar-refractivity contribution in [2.45, 2.75) is 69.7 Å². The number of aliphatic hydroxyl groups is 1. The zero-order valence-electron chi connectivity index (χ0n) is 18.0. The van der Waals surface area contributed by atoms with Crippen LogP contribution in [-0.2, 0) is 25.4 Å². The van der Waals surface area contributed by atoms with E-state index in [1.165, 1.54) is 4.90 Å². The van der Waals surface area contributed by atoms with Crippen LogP contribution in [0.1, 0.15) is 55.3 Å². The Kier molecular flexibility index (Phi) is 5.97. The number of aromatic nitrogens is 3. The summed E-state index contributed by atoms with van der Waals surface area (Å²) < 4.78 is 71.4. The zero-order valence-corrected chi connectivity index (χ0v) is 18.0. The highest BCUT2D eigenvalue weighted by Crippen LogP contribution is 2.43. The fourth-order valence-electron chi connectivity index (χ4n) is 4.44. The second-order valence-electron chi connectivity index (χ2n) is 8.66. The molecule has 0 bridgehead atoms. The number of nitriles is 1. The van der Waals surface area contributed by atoms with Gasteiger partial charge in [0.15, 0.2) is 5.82 Å². The molecule has 0 saturated heterocycles. The first-order valence-corrected chi connectivity index (χ1v) is 10.5. The summed E-state index contributed by atoms with van der Waals surface area (Å²) in [7, 11) is 0. The number of pyridine rings is 1. The number of halogens is 5. The molecule has 0 unspecified atom stereocenters. The van der Waals surface area contributed by atoms with E-state index in [-0.39, 0.29) is 37.9 Å². The lowest BCUT2D eigenvalue weighted by Gasteiger charge is -2.33. The van der Waals surface area contributed by atoms with Crippen molar-refractivity contribution in [3.8, 4) is 6.07 Å². The van der Waals surface area contributed by atoms with Gasteiger partial charge in [0.2, 0.25) is 0 Å². The molecule has 2 amide bonds. The largest absolute Gasteiger partial charge is 0.387 e. The quantitative estimate of drug-likeness (QED) is 0.644. The van der Waals surface area contributed by atoms with Gasteiger partial charge in [-0.25, -0.2) is 18.0 Å². The van der Waals surface area contributed by atoms with E-state index in [0.717, 1.165) is 16.9 Å². The van der Waals surface area contributed by atoms with Crippen LogP contribution in [0.4, 0.5) is 32.4 Å². The third kappa shape index (κ3) is 4.18. The fourth-order valence-corrected chi connectivity index (χ4v) is 4.44. The van der Waals surface area contributed by atoms with E-state index < -0.39 is 59.3 Å². The van der Waals surface area contributed by atoms with Gasteiger partial charge in [-0.05, 0) is 19.4 Å². The highest BCUT2D eigenvalue weighted by Gasteiger charge is 2.48. The van der Waals surface area contributed by atoms with Gasteiger partial charge in [-0.15, -0.1) is 0 Å². The van der Waals surface area contributed by atoms with Gasteiger partial charge in [-0.3, -0.25) is 9.67 Å². The van der Waals surface area contributed by atoms with E-state index in [4.69, 9.17) is 5.26 Å². The number of anilines is 1. The first kappa shape index (κ1) is 23.9. The number of amides is 2. The molecule has 0 saturated carbocycles. The minimum atomic E-state index is -3.37. The molecule has 0 aliphatic carbocycles. The summed E-state index contributed by atoms with van der Waals surface area (Å²) >= 11 is 0. The van der Waals surface area contributed by atoms with Crippen LogP contribution in [-0.4, -0.2) is 42.4 Å². The molecular formula is C21H21F5N6O2. The van der Waals surface area contributed by atoms with Crippen molar-refractivity contribution in [1.29, 1.82) is 5.26 Å². The van der Waals surface area contributed by atoms with Gasteiger partial charge in [0.1, 0.15) is 11.4 Å². The molecule has 13 heteroatoms. The molecule has 182 valence electrons. The van der Waals surface area contributed by atoms with Gasteiger partial charge in [0, 0.05) is 30.6 Å². The van der Waals surface area contributed by atoms with Gasteiger partial charge < -0.3 is 15.3 Å². The SMILES string of the molecule is C[C@@H]1Cc2nn3c(c2CN1C(=O)Nc1ccnc(C(F)F)c1F)C(F)(F)CC[C@](O)(CC#N)C3. The molecular weight excluding hydrogens is 463 g/mol. The lowest BCUT2D eigenvalue weighted by molar-refractivity contribution is -0.0395. The Morgan fingerprint density at radius 3 is 2.82 bits per heavy atom. The van der Waals surface area contributed by atoms with E-state index in [1.54, 1.807) is 6.92 Å². The van der Waals surface area contributed by atoms with Crippen LogP contribution in [0.2, 0.25) is 0 Å². The Morgan fingerprint density at radius 1 is 1.41 bits per heavy atom. The Morgan fingerprint density at radius 2 is 2.15 bits per heavy atom. The lowest BCUT2D eigenvalue weighted by atomic mass is 9.92. The standard InChI is InChI=1S/C21H21F5N6O2/c1-11-8-14-12(17-21(25,26)4-3-20(34,5-6-27)10-32(17)30-14)9-31(11)19(33)29-13-2-7-28-16(15(13)22)18(23)24/h2,7,11,18,34H,3-5,8-10H2,1H3,(H,28,29,33)/t11-,20+/m1/s1. The summed E-state index contributed by atoms with van der Waals surface area (Å²) in [5.41, 5.74) is -3.27. The van der Waals surface area contributed by atoms with Gasteiger partial charge in [0.05, 0.1) is 42.6 Å². The van der Waals surface area contributed by atoms with Crippen LogP contribution in [0.3, 0.4) is 0 Å². The molecule has 4 rings (SSSR count). The molecule has 2 aliphatic heterocycles. The highest BCUT2D eigenvalue weighted by atomic mass is 19.3. The van der Waals surface area contributed by atoms with Gasteiger partial charge in [-0.1, -0.05) is 0 Å². The Balaban J connectivity index is 1.64. The van der Waals surface area contributed by atoms with Crippen molar-refractivity contribution in [1.82, 2.24) is 19.7 Å². The minimum absolute atomic E-state index is 0.108. The Hall–Kier alpha value is -3.27. The van der Waals surface area contributed by atoms with Crippen molar-refractivity contribution in [2.24, 2.45) is 0 Å². The van der Waals surface area contributed by atoms with Crippen LogP contribution in [0.5, 0.6) is 0 Å². The average molecular weight is 484 g/mol. The van der Waals surface area contributed by atoms with Gasteiger partial charge in [0.25, 0.3) is 12.3 Å². The van der Waals surface area contributed by atoms with Crippen molar-refractivity contribution in [3.05, 3.63) is 40.7 Å². The monoisotopic (exact) mass is 484 g/mol. The van der Waals surface area contributed by atoms with Crippen LogP contribution < -0.4 is 5.32 Å². The summed E-state index contributed by atoms with van der Waals surface area (Å²) in [6.45, 7) is 1.07. The zero-order chi connectivity index (χ0) is 24.8. The summed E-state index contributed by atoms with van der Waals surface area (Å²) in [6, 6.07) is 1.45. The second-order valence-corrected chi connectivity index (χ2v) is 8.66. The highest BCUT2D eigenvalue weighted by molar-refractivity contribution is 5.90. The number of hydrogen-bond donors (Lipinski definition) is 2. The molecule has 2 atom stereocenters. The maximum atomic E-state index is 15.1. The molecule has 4 heterocycles. The van der Waals surface area contributed by atoms with E-state index in [1.807, 2.05) is 6.07 Å². The Labute approximate surface area is 191 Å². The predicted octanol–water partition coefficient (Wildman–Crippen LogP) is 3.86. The summed E-state index contributed by atoms with van der Waals surface area (Å²) in [5, 5.41) is 26.1. The van der Waals surface area contributed by atoms with Crippen LogP contribution in [0, 0.1) is 17.1 Å². The summed E-state index contributed by atoms with van der Waals surface area (Å²) in [4.78, 5) is 17.3. The number of carbonyl (C=O) groups is 1. The number of nitrogens with one attached hydrogen (secondary N) is 1. The molecule has 2 aromatic heterocycles. The third-order valence-electron chi connectivity index (χ3n) is 6.21. The van der Waals surface area contributed by atoms with Crippen molar-refractivity contribution < 1.29 is 31.9 Å². The number of alkyl halides is 4. The molecule has 2 N–H and O–H groups in total. The van der Waals surface area contributed by atoms with Gasteiger partial charge >= 0.3 is 6.03 Å². The third-order valence-corrected chi connectivity index (χ3v) is 6.21. The molecule has 0 fully saturated rings. The lowest BCUT2D eigenvalue weighted by Crippen LogP contribution is -2.45. The van der Waals surface area contributed by atoms with Crippen LogP contribution in [0.25, 0.3) is 0 Å². The van der Waals surface area contributed by atoms with E-state index in [2.05, 4.69) is 15.4 Å². The maximum Gasteiger partial charge on any atom is 0.322 e. The number of nitrogens with zero attached hydrogens (tertiary/aromatic N) is 5. The molecule has 8 nitrogen and oxygen atoms in total. The van der Waals surface area contributed by atoms with E-state index >= 15 is 8.78 Å². The smallest absolute Gasteiger partial charge is 0.322 e. The second kappa shape index (κ2) is 8.50. The van der Waals surface area contributed by atoms with Crippen molar-refractivity contribution in [2.75, 3.05) is 5.32 Å². The van der Waals surface area contributed by atoms with Crippen LogP contribution >= 0.6 is 0 Å². The average Bonchev–Trinajstić information content (AvgIpc) is 3.05. The van der Waals surface area contributed by atoms with Crippen molar-refractivity contribution >= 4 is 11.7 Å². The predicted molar refractivity (Wildman–Crippen MR) is 107 cm³/mol. The summed E-state index contributed by atoms with van der Waals surface area (Å²) in [6.07, 6.45) is -3.49. The first-order chi connectivity index (χ1) is 16.0. The molecule has 0 radical (unpaired) electrons. The maximum absolute atomic E-state index is 15.1. The first-order valence-electron chi connectivity index (χ1n) is 10.5. The summed E-state index contributed by atoms with van der Waals surface area (Å²) in [5.74, 6) is -4.74. The molecule has 0 spiro atoms. The Bertz CT molecular complexity index is 1160.